The average Bonchev–Trinajstić information content (AvgIpc) is 3.31. The van der Waals surface area contributed by atoms with Gasteiger partial charge < -0.3 is 14.8 Å². The molecule has 1 aromatic heterocycles. The summed E-state index contributed by atoms with van der Waals surface area (Å²) in [4.78, 5) is 4.72. The number of aromatic nitrogens is 2. The van der Waals surface area contributed by atoms with E-state index in [9.17, 15) is 0 Å². The van der Waals surface area contributed by atoms with Crippen LogP contribution in [0.1, 0.15) is 11.7 Å². The van der Waals surface area contributed by atoms with Gasteiger partial charge in [-0.15, -0.1) is 0 Å². The van der Waals surface area contributed by atoms with Gasteiger partial charge in [0.1, 0.15) is 6.17 Å². The van der Waals surface area contributed by atoms with E-state index in [1.54, 1.807) is 20.4 Å². The Morgan fingerprint density at radius 3 is 2.74 bits per heavy atom. The van der Waals surface area contributed by atoms with Gasteiger partial charge in [-0.1, -0.05) is 17.7 Å². The molecule has 0 bridgehead atoms. The maximum Gasteiger partial charge on any atom is 0.215 e. The van der Waals surface area contributed by atoms with Gasteiger partial charge in [0.05, 0.1) is 36.6 Å². The second kappa shape index (κ2) is 6.98. The number of hydrogen-bond acceptors (Lipinski definition) is 7. The minimum absolute atomic E-state index is 0.256. The maximum absolute atomic E-state index is 6.49. The summed E-state index contributed by atoms with van der Waals surface area (Å²) >= 11 is 6.49. The number of guanidine groups is 1. The molecular weight excluding hydrogens is 368 g/mol. The molecule has 0 saturated carbocycles. The summed E-state index contributed by atoms with van der Waals surface area (Å²) in [6.07, 6.45) is 1.45. The van der Waals surface area contributed by atoms with Gasteiger partial charge in [0, 0.05) is 12.4 Å². The Morgan fingerprint density at radius 2 is 1.96 bits per heavy atom. The highest BCUT2D eigenvalue weighted by atomic mass is 35.5. The molecule has 3 N–H and O–H groups in total. The van der Waals surface area contributed by atoms with Crippen LogP contribution in [-0.4, -0.2) is 42.4 Å². The molecule has 1 unspecified atom stereocenters. The van der Waals surface area contributed by atoms with E-state index in [0.29, 0.717) is 22.5 Å². The first-order chi connectivity index (χ1) is 13.1. The second-order valence-corrected chi connectivity index (χ2v) is 6.42. The Morgan fingerprint density at radius 1 is 1.15 bits per heavy atom. The number of ether oxygens (including phenoxy) is 2. The lowest BCUT2D eigenvalue weighted by Crippen LogP contribution is -2.37. The van der Waals surface area contributed by atoms with Crippen molar-refractivity contribution in [2.45, 2.75) is 6.17 Å². The summed E-state index contributed by atoms with van der Waals surface area (Å²) in [6.45, 7) is 0. The first-order valence-electron chi connectivity index (χ1n) is 8.29. The molecular formula is C18H19ClN6O2. The molecule has 0 fully saturated rings. The van der Waals surface area contributed by atoms with Crippen molar-refractivity contribution in [2.75, 3.05) is 26.6 Å². The average molecular weight is 387 g/mol. The van der Waals surface area contributed by atoms with E-state index in [0.717, 1.165) is 22.2 Å². The van der Waals surface area contributed by atoms with Crippen molar-refractivity contribution in [1.82, 2.24) is 20.6 Å². The van der Waals surface area contributed by atoms with E-state index in [1.165, 1.54) is 0 Å². The predicted molar refractivity (Wildman–Crippen MR) is 105 cm³/mol. The van der Waals surface area contributed by atoms with E-state index in [1.807, 2.05) is 42.4 Å². The van der Waals surface area contributed by atoms with Crippen molar-refractivity contribution in [3.63, 3.8) is 0 Å². The second-order valence-electron chi connectivity index (χ2n) is 6.04. The normalized spacial score (nSPS) is 16.5. The molecule has 1 aliphatic rings. The van der Waals surface area contributed by atoms with Crippen molar-refractivity contribution in [2.24, 2.45) is 4.99 Å². The number of nitrogens with zero attached hydrogens (tertiary/aromatic N) is 3. The van der Waals surface area contributed by atoms with Crippen LogP contribution in [0.4, 0.5) is 5.69 Å². The highest BCUT2D eigenvalue weighted by Gasteiger charge is 2.24. The quantitative estimate of drug-likeness (QED) is 0.638. The Hall–Kier alpha value is -2.97. The molecule has 27 heavy (non-hydrogen) atoms. The van der Waals surface area contributed by atoms with Gasteiger partial charge in [-0.25, -0.2) is 10.4 Å². The third-order valence-corrected chi connectivity index (χ3v) is 4.82. The third-order valence-electron chi connectivity index (χ3n) is 4.41. The SMILES string of the molecule is COc1ccc(C2N=C(Nc3ccc4[nH]ncc4c3Cl)N(C)N2)cc1OC. The topological polar surface area (TPSA) is 86.8 Å². The molecule has 0 saturated heterocycles. The van der Waals surface area contributed by atoms with Gasteiger partial charge in [-0.2, -0.15) is 5.10 Å². The number of nitrogens with one attached hydrogen (secondary N) is 3. The summed E-state index contributed by atoms with van der Waals surface area (Å²) in [6, 6.07) is 9.53. The zero-order valence-electron chi connectivity index (χ0n) is 15.1. The predicted octanol–water partition coefficient (Wildman–Crippen LogP) is 3.15. The largest absolute Gasteiger partial charge is 0.493 e. The van der Waals surface area contributed by atoms with Crippen LogP contribution in [0.15, 0.2) is 41.5 Å². The molecule has 1 atom stereocenters. The van der Waals surface area contributed by atoms with Crippen LogP contribution in [0.5, 0.6) is 11.5 Å². The Balaban J connectivity index is 1.61. The molecule has 2 aromatic carbocycles. The van der Waals surface area contributed by atoms with Crippen LogP contribution >= 0.6 is 11.6 Å². The molecule has 4 rings (SSSR count). The molecule has 8 nitrogen and oxygen atoms in total. The molecule has 1 aliphatic heterocycles. The Bertz CT molecular complexity index is 1020. The number of methoxy groups -OCH3 is 2. The molecule has 0 aliphatic carbocycles. The van der Waals surface area contributed by atoms with Crippen molar-refractivity contribution < 1.29 is 9.47 Å². The minimum Gasteiger partial charge on any atom is -0.493 e. The standard InChI is InChI=1S/C18H19ClN6O2/c1-25-18(21-13-6-5-12-11(16(13)19)9-20-23-12)22-17(24-25)10-4-7-14(26-2)15(8-10)27-3/h4-9,17,24H,1-3H3,(H,20,23)(H,21,22). The van der Waals surface area contributed by atoms with E-state index in [-0.39, 0.29) is 6.17 Å². The Kier molecular flexibility index (Phi) is 4.51. The molecule has 0 amide bonds. The highest BCUT2D eigenvalue weighted by molar-refractivity contribution is 6.38. The fraction of sp³-hybridized carbons (Fsp3) is 0.222. The van der Waals surface area contributed by atoms with Crippen LogP contribution in [0.25, 0.3) is 10.9 Å². The number of benzene rings is 2. The van der Waals surface area contributed by atoms with Crippen LogP contribution < -0.4 is 20.2 Å². The van der Waals surface area contributed by atoms with Crippen molar-refractivity contribution in [3.05, 3.63) is 47.1 Å². The monoisotopic (exact) mass is 386 g/mol. The highest BCUT2D eigenvalue weighted by Crippen LogP contribution is 2.33. The first-order valence-corrected chi connectivity index (χ1v) is 8.66. The van der Waals surface area contributed by atoms with Crippen LogP contribution in [0.2, 0.25) is 5.02 Å². The number of aromatic amines is 1. The molecule has 9 heteroatoms. The molecule has 3 aromatic rings. The Labute approximate surface area is 161 Å². The van der Waals surface area contributed by atoms with E-state index in [2.05, 4.69) is 20.9 Å². The number of fused-ring (bicyclic) bond motifs is 1. The fourth-order valence-electron chi connectivity index (χ4n) is 2.97. The lowest BCUT2D eigenvalue weighted by atomic mass is 10.1. The van der Waals surface area contributed by atoms with Gasteiger partial charge in [0.15, 0.2) is 11.5 Å². The van der Waals surface area contributed by atoms with E-state index in [4.69, 9.17) is 26.1 Å². The number of hydrazine groups is 1. The van der Waals surface area contributed by atoms with Crippen LogP contribution in [0, 0.1) is 0 Å². The lowest BCUT2D eigenvalue weighted by molar-refractivity contribution is 0.344. The summed E-state index contributed by atoms with van der Waals surface area (Å²) < 4.78 is 10.7. The van der Waals surface area contributed by atoms with Crippen molar-refractivity contribution >= 4 is 34.2 Å². The zero-order valence-corrected chi connectivity index (χ0v) is 15.8. The number of aliphatic imine (C=N–C) groups is 1. The summed E-state index contributed by atoms with van der Waals surface area (Å²) in [7, 11) is 5.11. The van der Waals surface area contributed by atoms with Gasteiger partial charge in [-0.3, -0.25) is 10.1 Å². The zero-order chi connectivity index (χ0) is 19.0. The van der Waals surface area contributed by atoms with Crippen LogP contribution in [-0.2, 0) is 0 Å². The first kappa shape index (κ1) is 17.4. The van der Waals surface area contributed by atoms with Gasteiger partial charge in [0.2, 0.25) is 5.96 Å². The number of H-pyrrole nitrogens is 1. The molecule has 2 heterocycles. The van der Waals surface area contributed by atoms with Crippen molar-refractivity contribution in [3.8, 4) is 11.5 Å². The third kappa shape index (κ3) is 3.13. The van der Waals surface area contributed by atoms with E-state index >= 15 is 0 Å². The summed E-state index contributed by atoms with van der Waals surface area (Å²) in [5.74, 6) is 1.99. The number of rotatable bonds is 4. The van der Waals surface area contributed by atoms with E-state index < -0.39 is 0 Å². The summed E-state index contributed by atoms with van der Waals surface area (Å²) in [5, 5.41) is 13.5. The van der Waals surface area contributed by atoms with Gasteiger partial charge in [0.25, 0.3) is 0 Å². The number of halogens is 1. The van der Waals surface area contributed by atoms with Crippen LogP contribution in [0.3, 0.4) is 0 Å². The van der Waals surface area contributed by atoms with Crippen molar-refractivity contribution in [1.29, 1.82) is 0 Å². The van der Waals surface area contributed by atoms with Gasteiger partial charge >= 0.3 is 0 Å². The minimum atomic E-state index is -0.256. The molecule has 140 valence electrons. The number of hydrogen-bond donors (Lipinski definition) is 3. The lowest BCUT2D eigenvalue weighted by Gasteiger charge is -2.18. The molecule has 0 radical (unpaired) electrons. The molecule has 0 spiro atoms. The maximum atomic E-state index is 6.49. The smallest absolute Gasteiger partial charge is 0.215 e. The fourth-order valence-corrected chi connectivity index (χ4v) is 3.23. The summed E-state index contributed by atoms with van der Waals surface area (Å²) in [5.41, 5.74) is 5.88. The number of anilines is 1. The van der Waals surface area contributed by atoms with Gasteiger partial charge in [-0.05, 0) is 29.8 Å².